The Balaban J connectivity index is 2.13. The molecule has 0 aromatic heterocycles. The zero-order valence-corrected chi connectivity index (χ0v) is 12.6. The number of rotatable bonds is 3. The van der Waals surface area contributed by atoms with Gasteiger partial charge in [0.2, 0.25) is 0 Å². The fourth-order valence-corrected chi connectivity index (χ4v) is 3.10. The molecule has 0 bridgehead atoms. The van der Waals surface area contributed by atoms with Gasteiger partial charge in [-0.15, -0.1) is 0 Å². The Kier molecular flexibility index (Phi) is 3.67. The van der Waals surface area contributed by atoms with E-state index in [9.17, 15) is 4.79 Å². The second kappa shape index (κ2) is 5.19. The molecule has 0 aliphatic carbocycles. The third kappa shape index (κ3) is 1.86. The van der Waals surface area contributed by atoms with Gasteiger partial charge in [-0.3, -0.25) is 4.79 Å². The molecule has 2 heterocycles. The van der Waals surface area contributed by atoms with Crippen molar-refractivity contribution in [2.24, 2.45) is 0 Å². The number of amides is 1. The molecule has 1 spiro atoms. The molecule has 2 aliphatic heterocycles. The number of ether oxygens (including phenoxy) is 2. The minimum Gasteiger partial charge on any atom is -0.336 e. The molecule has 1 fully saturated rings. The van der Waals surface area contributed by atoms with Crippen LogP contribution in [-0.4, -0.2) is 25.7 Å². The number of fused-ring (bicyclic) bond motifs is 2. The van der Waals surface area contributed by atoms with Crippen LogP contribution in [0.5, 0.6) is 0 Å². The van der Waals surface area contributed by atoms with Crippen molar-refractivity contribution < 1.29 is 14.3 Å². The summed E-state index contributed by atoms with van der Waals surface area (Å²) in [7, 11) is 0. The number of unbranched alkanes of at least 4 members (excludes halogenated alkanes) is 1. The number of benzene rings is 1. The average Bonchev–Trinajstić information content (AvgIpc) is 3.01. The van der Waals surface area contributed by atoms with Crippen molar-refractivity contribution in [3.8, 4) is 0 Å². The molecule has 0 unspecified atom stereocenters. The zero-order valence-electron chi connectivity index (χ0n) is 11.1. The number of halogens is 2. The second-order valence-electron chi connectivity index (χ2n) is 4.88. The summed E-state index contributed by atoms with van der Waals surface area (Å²) in [5, 5.41) is 0.805. The van der Waals surface area contributed by atoms with Gasteiger partial charge in [0.15, 0.2) is 0 Å². The van der Waals surface area contributed by atoms with Crippen molar-refractivity contribution in [1.82, 2.24) is 0 Å². The molecular formula is C14H15Cl2NO3. The van der Waals surface area contributed by atoms with Crippen LogP contribution in [0.15, 0.2) is 12.1 Å². The molecule has 1 amide bonds. The van der Waals surface area contributed by atoms with Crippen LogP contribution in [-0.2, 0) is 20.1 Å². The molecule has 1 aromatic rings. The molecule has 0 N–H and O–H groups in total. The monoisotopic (exact) mass is 315 g/mol. The minimum absolute atomic E-state index is 0.206. The lowest BCUT2D eigenvalue weighted by molar-refractivity contribution is -0.180. The number of carbonyl (C=O) groups is 1. The first kappa shape index (κ1) is 14.1. The highest BCUT2D eigenvalue weighted by Gasteiger charge is 2.56. The van der Waals surface area contributed by atoms with E-state index in [0.717, 1.165) is 12.8 Å². The number of nitrogens with zero attached hydrogens (tertiary/aromatic N) is 1. The SMILES string of the molecule is CCCCN1C(=O)C2(OCCO2)c2ccc(Cl)c(Cl)c21. The van der Waals surface area contributed by atoms with Crippen LogP contribution >= 0.6 is 23.2 Å². The van der Waals surface area contributed by atoms with Crippen molar-refractivity contribution in [2.75, 3.05) is 24.7 Å². The van der Waals surface area contributed by atoms with E-state index < -0.39 is 5.79 Å². The largest absolute Gasteiger partial charge is 0.336 e. The number of hydrogen-bond acceptors (Lipinski definition) is 3. The predicted octanol–water partition coefficient (Wildman–Crippen LogP) is 3.34. The van der Waals surface area contributed by atoms with Crippen LogP contribution in [0, 0.1) is 0 Å². The Labute approximate surface area is 127 Å². The van der Waals surface area contributed by atoms with Crippen molar-refractivity contribution in [3.63, 3.8) is 0 Å². The molecule has 4 nitrogen and oxygen atoms in total. The first-order valence-electron chi connectivity index (χ1n) is 6.70. The molecular weight excluding hydrogens is 301 g/mol. The number of anilines is 1. The average molecular weight is 316 g/mol. The third-order valence-corrected chi connectivity index (χ3v) is 4.44. The highest BCUT2D eigenvalue weighted by atomic mass is 35.5. The molecule has 6 heteroatoms. The lowest BCUT2D eigenvalue weighted by Crippen LogP contribution is -2.41. The maximum atomic E-state index is 12.7. The first-order chi connectivity index (χ1) is 9.62. The third-order valence-electron chi connectivity index (χ3n) is 3.65. The summed E-state index contributed by atoms with van der Waals surface area (Å²) in [4.78, 5) is 14.4. The Morgan fingerprint density at radius 3 is 2.65 bits per heavy atom. The van der Waals surface area contributed by atoms with E-state index in [1.54, 1.807) is 17.0 Å². The molecule has 0 radical (unpaired) electrons. The molecule has 1 aromatic carbocycles. The van der Waals surface area contributed by atoms with Gasteiger partial charge in [-0.25, -0.2) is 0 Å². The van der Waals surface area contributed by atoms with Gasteiger partial charge in [0.05, 0.1) is 28.9 Å². The van der Waals surface area contributed by atoms with Crippen molar-refractivity contribution in [1.29, 1.82) is 0 Å². The fourth-order valence-electron chi connectivity index (χ4n) is 2.68. The molecule has 0 atom stereocenters. The number of carbonyl (C=O) groups excluding carboxylic acids is 1. The standard InChI is InChI=1S/C14H15Cl2NO3/c1-2-3-6-17-12-9(4-5-10(15)11(12)16)14(13(17)18)19-7-8-20-14/h4-5H,2-3,6-8H2,1H3. The summed E-state index contributed by atoms with van der Waals surface area (Å²) < 4.78 is 11.3. The van der Waals surface area contributed by atoms with E-state index in [1.165, 1.54) is 0 Å². The normalized spacial score (nSPS) is 19.9. The van der Waals surface area contributed by atoms with Gasteiger partial charge < -0.3 is 14.4 Å². The van der Waals surface area contributed by atoms with Crippen LogP contribution < -0.4 is 4.90 Å². The summed E-state index contributed by atoms with van der Waals surface area (Å²) in [6.45, 7) is 3.44. The Morgan fingerprint density at radius 2 is 2.00 bits per heavy atom. The van der Waals surface area contributed by atoms with Gasteiger partial charge in [-0.1, -0.05) is 36.5 Å². The fraction of sp³-hybridized carbons (Fsp3) is 0.500. The summed E-state index contributed by atoms with van der Waals surface area (Å²) in [5.41, 5.74) is 1.28. The quantitative estimate of drug-likeness (QED) is 0.858. The molecule has 108 valence electrons. The molecule has 0 saturated carbocycles. The van der Waals surface area contributed by atoms with E-state index in [0.29, 0.717) is 41.1 Å². The molecule has 3 rings (SSSR count). The van der Waals surface area contributed by atoms with Gasteiger partial charge in [0.25, 0.3) is 11.7 Å². The van der Waals surface area contributed by atoms with E-state index in [4.69, 9.17) is 32.7 Å². The van der Waals surface area contributed by atoms with Crippen molar-refractivity contribution in [3.05, 3.63) is 27.7 Å². The highest BCUT2D eigenvalue weighted by molar-refractivity contribution is 6.44. The van der Waals surface area contributed by atoms with Crippen LogP contribution in [0.2, 0.25) is 10.0 Å². The lowest BCUT2D eigenvalue weighted by Gasteiger charge is -2.21. The Bertz CT molecular complexity index is 556. The molecule has 2 aliphatic rings. The minimum atomic E-state index is -1.32. The zero-order chi connectivity index (χ0) is 14.3. The summed E-state index contributed by atoms with van der Waals surface area (Å²) in [5.74, 6) is -1.53. The van der Waals surface area contributed by atoms with E-state index in [1.807, 2.05) is 0 Å². The second-order valence-corrected chi connectivity index (χ2v) is 5.67. The van der Waals surface area contributed by atoms with Crippen LogP contribution in [0.1, 0.15) is 25.3 Å². The number of hydrogen-bond donors (Lipinski definition) is 0. The van der Waals surface area contributed by atoms with Crippen molar-refractivity contribution >= 4 is 34.8 Å². The van der Waals surface area contributed by atoms with E-state index in [2.05, 4.69) is 6.92 Å². The van der Waals surface area contributed by atoms with E-state index >= 15 is 0 Å². The smallest absolute Gasteiger partial charge is 0.292 e. The van der Waals surface area contributed by atoms with Gasteiger partial charge >= 0.3 is 0 Å². The maximum absolute atomic E-state index is 12.7. The van der Waals surface area contributed by atoms with E-state index in [-0.39, 0.29) is 5.91 Å². The van der Waals surface area contributed by atoms with Crippen molar-refractivity contribution in [2.45, 2.75) is 25.6 Å². The van der Waals surface area contributed by atoms with Gasteiger partial charge in [-0.05, 0) is 18.6 Å². The van der Waals surface area contributed by atoms with Crippen LogP contribution in [0.4, 0.5) is 5.69 Å². The predicted molar refractivity (Wildman–Crippen MR) is 77.3 cm³/mol. The van der Waals surface area contributed by atoms with Gasteiger partial charge in [0.1, 0.15) is 0 Å². The summed E-state index contributed by atoms with van der Waals surface area (Å²) >= 11 is 12.4. The molecule has 20 heavy (non-hydrogen) atoms. The lowest BCUT2D eigenvalue weighted by atomic mass is 10.1. The first-order valence-corrected chi connectivity index (χ1v) is 7.45. The summed E-state index contributed by atoms with van der Waals surface area (Å²) in [6, 6.07) is 3.44. The van der Waals surface area contributed by atoms with Gasteiger partial charge in [0, 0.05) is 12.1 Å². The molecule has 1 saturated heterocycles. The van der Waals surface area contributed by atoms with Gasteiger partial charge in [-0.2, -0.15) is 0 Å². The summed E-state index contributed by atoms with van der Waals surface area (Å²) in [6.07, 6.45) is 1.86. The Morgan fingerprint density at radius 1 is 1.30 bits per heavy atom. The maximum Gasteiger partial charge on any atom is 0.292 e. The van der Waals surface area contributed by atoms with Crippen LogP contribution in [0.25, 0.3) is 0 Å². The highest BCUT2D eigenvalue weighted by Crippen LogP contribution is 2.50. The Hall–Kier alpha value is -0.810. The van der Waals surface area contributed by atoms with Crippen LogP contribution in [0.3, 0.4) is 0 Å². The topological polar surface area (TPSA) is 38.8 Å².